The van der Waals surface area contributed by atoms with Crippen molar-refractivity contribution in [3.8, 4) is 5.75 Å². The Bertz CT molecular complexity index is 759. The molecule has 4 heteroatoms. The molecule has 0 aliphatic carbocycles. The summed E-state index contributed by atoms with van der Waals surface area (Å²) in [5.41, 5.74) is 9.04. The monoisotopic (exact) mass is 344 g/mol. The highest BCUT2D eigenvalue weighted by Crippen LogP contribution is 2.24. The van der Waals surface area contributed by atoms with Crippen molar-refractivity contribution in [1.82, 2.24) is 4.57 Å². The van der Waals surface area contributed by atoms with Crippen molar-refractivity contribution in [3.63, 3.8) is 0 Å². The fourth-order valence-corrected chi connectivity index (χ4v) is 3.09. The maximum atomic E-state index is 5.90. The van der Waals surface area contributed by atoms with Gasteiger partial charge in [-0.15, -0.1) is 0 Å². The summed E-state index contributed by atoms with van der Waals surface area (Å²) in [4.78, 5) is 0. The van der Waals surface area contributed by atoms with Gasteiger partial charge in [0.05, 0.1) is 6.61 Å². The van der Waals surface area contributed by atoms with Crippen LogP contribution >= 0.6 is 15.9 Å². The Morgan fingerprint density at radius 2 is 2.00 bits per heavy atom. The molecule has 0 bridgehead atoms. The van der Waals surface area contributed by atoms with E-state index in [2.05, 4.69) is 51.0 Å². The van der Waals surface area contributed by atoms with E-state index >= 15 is 0 Å². The molecule has 0 amide bonds. The Hall–Kier alpha value is -1.94. The summed E-state index contributed by atoms with van der Waals surface area (Å²) in [6.07, 6.45) is 2.09. The van der Waals surface area contributed by atoms with E-state index in [1.54, 1.807) is 0 Å². The molecule has 21 heavy (non-hydrogen) atoms. The zero-order valence-electron chi connectivity index (χ0n) is 11.8. The summed E-state index contributed by atoms with van der Waals surface area (Å²) in [5, 5.41) is 1.18. The first-order valence-electron chi connectivity index (χ1n) is 6.92. The molecule has 108 valence electrons. The number of ether oxygens (including phenoxy) is 1. The smallest absolute Gasteiger partial charge is 0.120 e. The minimum absolute atomic E-state index is 0.684. The van der Waals surface area contributed by atoms with Crippen LogP contribution in [-0.2, 0) is 6.54 Å². The fraction of sp³-hybridized carbons (Fsp3) is 0.176. The average Bonchev–Trinajstić information content (AvgIpc) is 2.80. The van der Waals surface area contributed by atoms with Crippen LogP contribution in [0.2, 0.25) is 0 Å². The van der Waals surface area contributed by atoms with E-state index in [9.17, 15) is 0 Å². The second-order valence-corrected chi connectivity index (χ2v) is 5.91. The molecule has 0 unspecified atom stereocenters. The standard InChI is InChI=1S/C17H17BrN2O/c1-2-21-16-3-4-17-13(9-16)5-6-20(17)11-12-7-14(18)10-15(19)8-12/h3-10H,2,11,19H2,1H3. The zero-order chi connectivity index (χ0) is 14.8. The molecule has 0 saturated heterocycles. The van der Waals surface area contributed by atoms with Gasteiger partial charge >= 0.3 is 0 Å². The van der Waals surface area contributed by atoms with Gasteiger partial charge in [0.2, 0.25) is 0 Å². The van der Waals surface area contributed by atoms with Gasteiger partial charge in [-0.2, -0.15) is 0 Å². The second-order valence-electron chi connectivity index (χ2n) is 4.99. The second kappa shape index (κ2) is 5.82. The minimum atomic E-state index is 0.684. The predicted octanol–water partition coefficient (Wildman–Crippen LogP) is 4.43. The van der Waals surface area contributed by atoms with Gasteiger partial charge < -0.3 is 15.0 Å². The molecule has 0 fully saturated rings. The van der Waals surface area contributed by atoms with E-state index < -0.39 is 0 Å². The third-order valence-corrected chi connectivity index (χ3v) is 3.84. The molecule has 0 spiro atoms. The number of halogens is 1. The molecule has 3 rings (SSSR count). The van der Waals surface area contributed by atoms with Gasteiger partial charge in [-0.1, -0.05) is 15.9 Å². The molecule has 0 aliphatic rings. The summed E-state index contributed by atoms with van der Waals surface area (Å²) in [6, 6.07) is 14.3. The molecular formula is C17H17BrN2O. The number of fused-ring (bicyclic) bond motifs is 1. The van der Waals surface area contributed by atoms with E-state index in [0.717, 1.165) is 22.5 Å². The molecule has 2 aromatic carbocycles. The zero-order valence-corrected chi connectivity index (χ0v) is 13.4. The van der Waals surface area contributed by atoms with Crippen molar-refractivity contribution >= 4 is 32.5 Å². The van der Waals surface area contributed by atoms with Crippen LogP contribution in [0.4, 0.5) is 5.69 Å². The molecule has 1 aromatic heterocycles. The van der Waals surface area contributed by atoms with Crippen LogP contribution in [0, 0.1) is 0 Å². The molecule has 0 aliphatic heterocycles. The fourth-order valence-electron chi connectivity index (χ4n) is 2.54. The number of anilines is 1. The molecule has 2 N–H and O–H groups in total. The van der Waals surface area contributed by atoms with Crippen LogP contribution in [0.15, 0.2) is 53.1 Å². The number of hydrogen-bond acceptors (Lipinski definition) is 2. The Labute approximate surface area is 132 Å². The summed E-state index contributed by atoms with van der Waals surface area (Å²) in [7, 11) is 0. The third kappa shape index (κ3) is 3.05. The van der Waals surface area contributed by atoms with Gasteiger partial charge in [0.1, 0.15) is 5.75 Å². The lowest BCUT2D eigenvalue weighted by atomic mass is 10.2. The average molecular weight is 345 g/mol. The molecule has 0 atom stereocenters. The molecule has 1 heterocycles. The Morgan fingerprint density at radius 3 is 2.76 bits per heavy atom. The van der Waals surface area contributed by atoms with Crippen LogP contribution in [0.3, 0.4) is 0 Å². The van der Waals surface area contributed by atoms with Crippen molar-refractivity contribution < 1.29 is 4.74 Å². The van der Waals surface area contributed by atoms with Crippen molar-refractivity contribution in [3.05, 3.63) is 58.7 Å². The molecule has 3 nitrogen and oxygen atoms in total. The van der Waals surface area contributed by atoms with Crippen molar-refractivity contribution in [2.45, 2.75) is 13.5 Å². The van der Waals surface area contributed by atoms with E-state index in [4.69, 9.17) is 10.5 Å². The van der Waals surface area contributed by atoms with Crippen molar-refractivity contribution in [2.24, 2.45) is 0 Å². The quantitative estimate of drug-likeness (QED) is 0.711. The highest BCUT2D eigenvalue weighted by atomic mass is 79.9. The van der Waals surface area contributed by atoms with Crippen molar-refractivity contribution in [2.75, 3.05) is 12.3 Å². The molecule has 3 aromatic rings. The first-order valence-corrected chi connectivity index (χ1v) is 7.71. The summed E-state index contributed by atoms with van der Waals surface area (Å²) in [5.74, 6) is 0.912. The number of rotatable bonds is 4. The van der Waals surface area contributed by atoms with Gasteiger partial charge in [0.15, 0.2) is 0 Å². The number of nitrogen functional groups attached to an aromatic ring is 1. The Kier molecular flexibility index (Phi) is 3.88. The maximum absolute atomic E-state index is 5.90. The lowest BCUT2D eigenvalue weighted by molar-refractivity contribution is 0.340. The number of benzene rings is 2. The van der Waals surface area contributed by atoms with Crippen LogP contribution in [0.5, 0.6) is 5.75 Å². The SMILES string of the molecule is CCOc1ccc2c(ccn2Cc2cc(N)cc(Br)c2)c1. The van der Waals surface area contributed by atoms with Crippen LogP contribution in [0.1, 0.15) is 12.5 Å². The number of aromatic nitrogens is 1. The van der Waals surface area contributed by atoms with E-state index in [0.29, 0.717) is 6.61 Å². The summed E-state index contributed by atoms with van der Waals surface area (Å²) < 4.78 is 8.76. The maximum Gasteiger partial charge on any atom is 0.120 e. The molecule has 0 radical (unpaired) electrons. The van der Waals surface area contributed by atoms with E-state index in [1.807, 2.05) is 25.1 Å². The molecular weight excluding hydrogens is 328 g/mol. The van der Waals surface area contributed by atoms with Crippen LogP contribution in [-0.4, -0.2) is 11.2 Å². The minimum Gasteiger partial charge on any atom is -0.494 e. The largest absolute Gasteiger partial charge is 0.494 e. The summed E-state index contributed by atoms with van der Waals surface area (Å²) >= 11 is 3.49. The Balaban J connectivity index is 1.93. The van der Waals surface area contributed by atoms with Crippen LogP contribution < -0.4 is 10.5 Å². The number of hydrogen-bond donors (Lipinski definition) is 1. The lowest BCUT2D eigenvalue weighted by Crippen LogP contribution is -1.99. The lowest BCUT2D eigenvalue weighted by Gasteiger charge is -2.08. The summed E-state index contributed by atoms with van der Waals surface area (Å²) in [6.45, 7) is 3.47. The van der Waals surface area contributed by atoms with E-state index in [1.165, 1.54) is 16.5 Å². The first-order chi connectivity index (χ1) is 10.2. The predicted molar refractivity (Wildman–Crippen MR) is 90.8 cm³/mol. The van der Waals surface area contributed by atoms with Gasteiger partial charge in [0.25, 0.3) is 0 Å². The molecule has 0 saturated carbocycles. The Morgan fingerprint density at radius 1 is 1.14 bits per heavy atom. The van der Waals surface area contributed by atoms with Gasteiger partial charge in [0, 0.05) is 33.8 Å². The van der Waals surface area contributed by atoms with Crippen molar-refractivity contribution in [1.29, 1.82) is 0 Å². The van der Waals surface area contributed by atoms with Crippen LogP contribution in [0.25, 0.3) is 10.9 Å². The third-order valence-electron chi connectivity index (χ3n) is 3.39. The normalized spacial score (nSPS) is 11.0. The van der Waals surface area contributed by atoms with E-state index in [-0.39, 0.29) is 0 Å². The highest BCUT2D eigenvalue weighted by Gasteiger charge is 2.05. The van der Waals surface area contributed by atoms with Gasteiger partial charge in [-0.3, -0.25) is 0 Å². The number of nitrogens with zero attached hydrogens (tertiary/aromatic N) is 1. The topological polar surface area (TPSA) is 40.2 Å². The van der Waals surface area contributed by atoms with Gasteiger partial charge in [-0.25, -0.2) is 0 Å². The van der Waals surface area contributed by atoms with Gasteiger partial charge in [-0.05, 0) is 55.0 Å². The highest BCUT2D eigenvalue weighted by molar-refractivity contribution is 9.10. The first kappa shape index (κ1) is 14.0. The number of nitrogens with two attached hydrogens (primary N) is 1.